The predicted octanol–water partition coefficient (Wildman–Crippen LogP) is 2.14. The maximum atomic E-state index is 6.10. The molecule has 1 aromatic carbocycles. The Bertz CT molecular complexity index is 358. The molecule has 3 saturated heterocycles. The van der Waals surface area contributed by atoms with Gasteiger partial charge in [0, 0.05) is 5.92 Å². The summed E-state index contributed by atoms with van der Waals surface area (Å²) in [6.07, 6.45) is 0. The van der Waals surface area contributed by atoms with E-state index in [1.807, 2.05) is 24.3 Å². The molecule has 0 saturated carbocycles. The van der Waals surface area contributed by atoms with Crippen LogP contribution in [0.1, 0.15) is 5.56 Å². The summed E-state index contributed by atoms with van der Waals surface area (Å²) in [5.41, 5.74) is 0.754. The van der Waals surface area contributed by atoms with E-state index in [0.717, 1.165) is 5.56 Å². The number of fused-ring (bicyclic) bond motifs is 3. The minimum absolute atomic E-state index is 0.356. The minimum Gasteiger partial charge on any atom is -0.323 e. The summed E-state index contributed by atoms with van der Waals surface area (Å²) in [6.45, 7) is 2.02. The molecule has 4 heteroatoms. The van der Waals surface area contributed by atoms with Crippen molar-refractivity contribution in [1.82, 2.24) is 0 Å². The Hall–Kier alpha value is -0.610. The average Bonchev–Trinajstić information content (AvgIpc) is 2.32. The molecule has 80 valence electrons. The molecule has 0 N–H and O–H groups in total. The molecule has 15 heavy (non-hydrogen) atoms. The lowest BCUT2D eigenvalue weighted by atomic mass is 10.1. The van der Waals surface area contributed by atoms with Gasteiger partial charge in [-0.25, -0.2) is 0 Å². The number of rotatable bonds is 1. The zero-order valence-corrected chi connectivity index (χ0v) is 8.87. The first-order valence-corrected chi connectivity index (χ1v) is 5.35. The topological polar surface area (TPSA) is 27.7 Å². The van der Waals surface area contributed by atoms with Crippen LogP contribution >= 0.6 is 11.6 Å². The molecule has 0 unspecified atom stereocenters. The van der Waals surface area contributed by atoms with Gasteiger partial charge < -0.3 is 14.2 Å². The number of ether oxygens (including phenoxy) is 3. The van der Waals surface area contributed by atoms with E-state index >= 15 is 0 Å². The molecule has 3 nitrogen and oxygen atoms in total. The zero-order chi connectivity index (χ0) is 10.3. The molecule has 0 spiro atoms. The largest absolute Gasteiger partial charge is 0.323 e. The Balaban J connectivity index is 2.01. The van der Waals surface area contributed by atoms with Crippen LogP contribution in [0.5, 0.6) is 0 Å². The van der Waals surface area contributed by atoms with Gasteiger partial charge in [0.2, 0.25) is 0 Å². The Morgan fingerprint density at radius 3 is 2.27 bits per heavy atom. The highest BCUT2D eigenvalue weighted by molar-refractivity contribution is 6.31. The standard InChI is InChI=1S/C11H11ClO3/c12-10-4-2-1-3-9(10)11-13-5-8(6-14-11)7-15-11/h1-4,8H,5-7H2. The zero-order valence-electron chi connectivity index (χ0n) is 8.11. The fourth-order valence-corrected chi connectivity index (χ4v) is 2.15. The highest BCUT2D eigenvalue weighted by atomic mass is 35.5. The van der Waals surface area contributed by atoms with Gasteiger partial charge in [0.05, 0.1) is 30.4 Å². The fourth-order valence-electron chi connectivity index (χ4n) is 1.89. The summed E-state index contributed by atoms with van der Waals surface area (Å²) in [6, 6.07) is 7.44. The summed E-state index contributed by atoms with van der Waals surface area (Å²) >= 11 is 6.10. The summed E-state index contributed by atoms with van der Waals surface area (Å²) in [5.74, 6) is -0.707. The van der Waals surface area contributed by atoms with Gasteiger partial charge in [0.25, 0.3) is 0 Å². The molecule has 0 aliphatic carbocycles. The summed E-state index contributed by atoms with van der Waals surface area (Å²) in [5, 5.41) is 0.609. The normalized spacial score (nSPS) is 34.3. The van der Waals surface area contributed by atoms with Crippen LogP contribution in [-0.4, -0.2) is 19.8 Å². The third kappa shape index (κ3) is 1.47. The van der Waals surface area contributed by atoms with Crippen molar-refractivity contribution in [2.75, 3.05) is 19.8 Å². The van der Waals surface area contributed by atoms with Crippen molar-refractivity contribution >= 4 is 11.6 Å². The molecule has 0 radical (unpaired) electrons. The Kier molecular flexibility index (Phi) is 2.21. The van der Waals surface area contributed by atoms with E-state index in [0.29, 0.717) is 30.8 Å². The summed E-state index contributed by atoms with van der Waals surface area (Å²) in [7, 11) is 0. The predicted molar refractivity (Wildman–Crippen MR) is 54.5 cm³/mol. The number of benzene rings is 1. The molecule has 0 aromatic heterocycles. The van der Waals surface area contributed by atoms with Crippen LogP contribution in [0.25, 0.3) is 0 Å². The van der Waals surface area contributed by atoms with Crippen LogP contribution < -0.4 is 0 Å². The van der Waals surface area contributed by atoms with Crippen molar-refractivity contribution in [2.24, 2.45) is 5.92 Å². The van der Waals surface area contributed by atoms with E-state index < -0.39 is 5.97 Å². The molecule has 1 aromatic rings. The van der Waals surface area contributed by atoms with Gasteiger partial charge in [-0.05, 0) is 12.1 Å². The molecule has 3 heterocycles. The Morgan fingerprint density at radius 2 is 1.67 bits per heavy atom. The fraction of sp³-hybridized carbons (Fsp3) is 0.455. The highest BCUT2D eigenvalue weighted by Gasteiger charge is 2.47. The quantitative estimate of drug-likeness (QED) is 0.735. The van der Waals surface area contributed by atoms with Crippen molar-refractivity contribution in [1.29, 1.82) is 0 Å². The molecular weight excluding hydrogens is 216 g/mol. The Labute approximate surface area is 92.9 Å². The van der Waals surface area contributed by atoms with Gasteiger partial charge in [-0.2, -0.15) is 0 Å². The third-order valence-corrected chi connectivity index (χ3v) is 3.06. The second kappa shape index (κ2) is 3.46. The molecule has 0 amide bonds. The first kappa shape index (κ1) is 9.60. The molecule has 3 fully saturated rings. The molecule has 3 aliphatic heterocycles. The van der Waals surface area contributed by atoms with Crippen LogP contribution in [-0.2, 0) is 20.2 Å². The van der Waals surface area contributed by atoms with Gasteiger partial charge in [-0.1, -0.05) is 23.7 Å². The molecule has 0 atom stereocenters. The van der Waals surface area contributed by atoms with E-state index in [4.69, 9.17) is 25.8 Å². The smallest absolute Gasteiger partial charge is 0.313 e. The first-order chi connectivity index (χ1) is 7.30. The van der Waals surface area contributed by atoms with Gasteiger partial charge >= 0.3 is 5.97 Å². The second-order valence-corrected chi connectivity index (χ2v) is 4.24. The van der Waals surface area contributed by atoms with Crippen molar-refractivity contribution in [3.8, 4) is 0 Å². The van der Waals surface area contributed by atoms with Crippen molar-refractivity contribution in [3.05, 3.63) is 34.9 Å². The monoisotopic (exact) mass is 226 g/mol. The van der Waals surface area contributed by atoms with Crippen molar-refractivity contribution in [2.45, 2.75) is 5.97 Å². The molecule has 3 aliphatic rings. The van der Waals surface area contributed by atoms with Crippen LogP contribution in [0.15, 0.2) is 24.3 Å². The van der Waals surface area contributed by atoms with Gasteiger partial charge in [-0.15, -0.1) is 0 Å². The summed E-state index contributed by atoms with van der Waals surface area (Å²) in [4.78, 5) is 0. The summed E-state index contributed by atoms with van der Waals surface area (Å²) < 4.78 is 16.8. The van der Waals surface area contributed by atoms with Gasteiger partial charge in [0.1, 0.15) is 0 Å². The van der Waals surface area contributed by atoms with Crippen LogP contribution in [0.3, 0.4) is 0 Å². The van der Waals surface area contributed by atoms with E-state index in [-0.39, 0.29) is 0 Å². The minimum atomic E-state index is -1.06. The maximum absolute atomic E-state index is 6.10. The van der Waals surface area contributed by atoms with E-state index in [2.05, 4.69) is 0 Å². The third-order valence-electron chi connectivity index (χ3n) is 2.73. The Morgan fingerprint density at radius 1 is 1.07 bits per heavy atom. The number of hydrogen-bond acceptors (Lipinski definition) is 3. The van der Waals surface area contributed by atoms with Gasteiger partial charge in [0.15, 0.2) is 0 Å². The lowest BCUT2D eigenvalue weighted by Crippen LogP contribution is -2.51. The SMILES string of the molecule is Clc1ccccc1C12OCC(CO1)CO2. The van der Waals surface area contributed by atoms with Crippen LogP contribution in [0.4, 0.5) is 0 Å². The number of hydrogen-bond donors (Lipinski definition) is 0. The molecule has 2 bridgehead atoms. The van der Waals surface area contributed by atoms with Crippen LogP contribution in [0.2, 0.25) is 5.02 Å². The molecular formula is C11H11ClO3. The second-order valence-electron chi connectivity index (χ2n) is 3.84. The average molecular weight is 227 g/mol. The molecule has 4 rings (SSSR count). The first-order valence-electron chi connectivity index (χ1n) is 4.97. The highest BCUT2D eigenvalue weighted by Crippen LogP contribution is 2.41. The maximum Gasteiger partial charge on any atom is 0.313 e. The lowest BCUT2D eigenvalue weighted by Gasteiger charge is -2.45. The van der Waals surface area contributed by atoms with Crippen LogP contribution in [0, 0.1) is 5.92 Å². The number of halogens is 1. The lowest BCUT2D eigenvalue weighted by molar-refractivity contribution is -0.460. The van der Waals surface area contributed by atoms with E-state index in [9.17, 15) is 0 Å². The van der Waals surface area contributed by atoms with Gasteiger partial charge in [-0.3, -0.25) is 0 Å². The van der Waals surface area contributed by atoms with Crippen molar-refractivity contribution in [3.63, 3.8) is 0 Å². The van der Waals surface area contributed by atoms with E-state index in [1.165, 1.54) is 0 Å². The van der Waals surface area contributed by atoms with Crippen molar-refractivity contribution < 1.29 is 14.2 Å². The van der Waals surface area contributed by atoms with E-state index in [1.54, 1.807) is 0 Å².